The maximum atomic E-state index is 11.8. The Morgan fingerprint density at radius 2 is 1.27 bits per heavy atom. The minimum atomic E-state index is -0.155. The molecule has 1 fully saturated rings. The van der Waals surface area contributed by atoms with E-state index in [1.54, 1.807) is 24.3 Å². The lowest BCUT2D eigenvalue weighted by Gasteiger charge is -2.20. The van der Waals surface area contributed by atoms with Crippen LogP contribution in [0.1, 0.15) is 26.7 Å². The molecule has 0 radical (unpaired) electrons. The summed E-state index contributed by atoms with van der Waals surface area (Å²) in [4.78, 5) is 27.0. The van der Waals surface area contributed by atoms with Crippen LogP contribution in [-0.2, 0) is 9.59 Å². The predicted molar refractivity (Wildman–Crippen MR) is 102 cm³/mol. The normalized spacial score (nSPS) is 14.5. The summed E-state index contributed by atoms with van der Waals surface area (Å²) in [6.45, 7) is 6.19. The Labute approximate surface area is 153 Å². The number of benzene rings is 2. The van der Waals surface area contributed by atoms with Crippen molar-refractivity contribution in [2.45, 2.75) is 26.7 Å². The van der Waals surface area contributed by atoms with Gasteiger partial charge >= 0.3 is 0 Å². The van der Waals surface area contributed by atoms with Gasteiger partial charge in [0.25, 0.3) is 0 Å². The van der Waals surface area contributed by atoms with Crippen molar-refractivity contribution >= 4 is 34.6 Å². The first-order valence-electron chi connectivity index (χ1n) is 8.85. The summed E-state index contributed by atoms with van der Waals surface area (Å²) in [6.07, 6.45) is 0.563. The molecule has 26 heavy (non-hydrogen) atoms. The van der Waals surface area contributed by atoms with Gasteiger partial charge in [0.05, 0.1) is 17.1 Å². The summed E-state index contributed by atoms with van der Waals surface area (Å²) in [7, 11) is 0. The Kier molecular flexibility index (Phi) is 5.41. The van der Waals surface area contributed by atoms with Crippen molar-refractivity contribution in [2.24, 2.45) is 10.2 Å². The van der Waals surface area contributed by atoms with Gasteiger partial charge < -0.3 is 4.90 Å². The first-order valence-corrected chi connectivity index (χ1v) is 8.85. The Morgan fingerprint density at radius 1 is 0.808 bits per heavy atom. The maximum absolute atomic E-state index is 11.8. The van der Waals surface area contributed by atoms with Crippen molar-refractivity contribution in [2.75, 3.05) is 22.9 Å². The molecule has 3 rings (SSSR count). The lowest BCUT2D eigenvalue weighted by molar-refractivity contribution is -0.121. The summed E-state index contributed by atoms with van der Waals surface area (Å²) in [5.74, 6) is -0.310. The average molecular weight is 350 g/mol. The van der Waals surface area contributed by atoms with Crippen molar-refractivity contribution in [3.05, 3.63) is 48.5 Å². The highest BCUT2D eigenvalue weighted by atomic mass is 16.2. The van der Waals surface area contributed by atoms with E-state index in [0.29, 0.717) is 11.4 Å². The van der Waals surface area contributed by atoms with Crippen LogP contribution in [0.5, 0.6) is 0 Å². The fourth-order valence-electron chi connectivity index (χ4n) is 2.97. The molecule has 0 unspecified atom stereocenters. The molecule has 134 valence electrons. The third-order valence-electron chi connectivity index (χ3n) is 4.42. The predicted octanol–water partition coefficient (Wildman–Crippen LogP) is 4.60. The highest BCUT2D eigenvalue weighted by Gasteiger charge is 2.29. The number of hydrogen-bond donors (Lipinski definition) is 0. The SMILES string of the molecule is CCN(CC)c1ccc(N=Nc2ccc(N3C(=O)CCC3=O)cc2)cc1. The van der Waals surface area contributed by atoms with Crippen LogP contribution >= 0.6 is 0 Å². The standard InChI is InChI=1S/C20H22N4O2/c1-3-23(4-2)17-9-5-15(6-10-17)21-22-16-7-11-18(12-8-16)24-19(25)13-14-20(24)26/h5-12H,3-4,13-14H2,1-2H3. The van der Waals surface area contributed by atoms with E-state index in [-0.39, 0.29) is 24.7 Å². The lowest BCUT2D eigenvalue weighted by Crippen LogP contribution is -2.28. The van der Waals surface area contributed by atoms with E-state index in [1.165, 1.54) is 10.6 Å². The summed E-state index contributed by atoms with van der Waals surface area (Å²) < 4.78 is 0. The number of anilines is 2. The van der Waals surface area contributed by atoms with Crippen molar-refractivity contribution < 1.29 is 9.59 Å². The van der Waals surface area contributed by atoms with E-state index in [0.717, 1.165) is 18.8 Å². The van der Waals surface area contributed by atoms with Crippen molar-refractivity contribution in [3.8, 4) is 0 Å². The van der Waals surface area contributed by atoms with Gasteiger partial charge in [-0.1, -0.05) is 0 Å². The van der Waals surface area contributed by atoms with Crippen LogP contribution in [0, 0.1) is 0 Å². The van der Waals surface area contributed by atoms with Gasteiger partial charge in [-0.3, -0.25) is 14.5 Å². The first-order chi connectivity index (χ1) is 12.6. The number of rotatable bonds is 6. The van der Waals surface area contributed by atoms with E-state index in [4.69, 9.17) is 0 Å². The number of hydrogen-bond acceptors (Lipinski definition) is 5. The Hall–Kier alpha value is -3.02. The first kappa shape index (κ1) is 17.8. The van der Waals surface area contributed by atoms with Crippen LogP contribution < -0.4 is 9.80 Å². The zero-order valence-electron chi connectivity index (χ0n) is 15.1. The molecule has 1 aliphatic rings. The van der Waals surface area contributed by atoms with E-state index in [2.05, 4.69) is 29.0 Å². The average Bonchev–Trinajstić information content (AvgIpc) is 3.01. The van der Waals surface area contributed by atoms with Crippen molar-refractivity contribution in [3.63, 3.8) is 0 Å². The van der Waals surface area contributed by atoms with E-state index < -0.39 is 0 Å². The van der Waals surface area contributed by atoms with Gasteiger partial charge in [-0.15, -0.1) is 0 Å². The Morgan fingerprint density at radius 3 is 1.73 bits per heavy atom. The molecule has 1 heterocycles. The number of azo groups is 1. The summed E-state index contributed by atoms with van der Waals surface area (Å²) >= 11 is 0. The van der Waals surface area contributed by atoms with Gasteiger partial charge in [0.1, 0.15) is 0 Å². The highest BCUT2D eigenvalue weighted by Crippen LogP contribution is 2.26. The van der Waals surface area contributed by atoms with Crippen LogP contribution in [0.3, 0.4) is 0 Å². The lowest BCUT2D eigenvalue weighted by atomic mass is 10.2. The maximum Gasteiger partial charge on any atom is 0.234 e. The van der Waals surface area contributed by atoms with Crippen LogP contribution in [0.15, 0.2) is 58.8 Å². The van der Waals surface area contributed by atoms with Crippen LogP contribution in [-0.4, -0.2) is 24.9 Å². The van der Waals surface area contributed by atoms with E-state index >= 15 is 0 Å². The van der Waals surface area contributed by atoms with E-state index in [1.807, 2.05) is 24.3 Å². The Balaban J connectivity index is 1.69. The van der Waals surface area contributed by atoms with Gasteiger partial charge in [0.15, 0.2) is 0 Å². The van der Waals surface area contributed by atoms with Crippen LogP contribution in [0.4, 0.5) is 22.7 Å². The van der Waals surface area contributed by atoms with Gasteiger partial charge in [0, 0.05) is 31.6 Å². The topological polar surface area (TPSA) is 65.3 Å². The molecule has 2 aromatic carbocycles. The molecular weight excluding hydrogens is 328 g/mol. The minimum Gasteiger partial charge on any atom is -0.372 e. The number of amides is 2. The third kappa shape index (κ3) is 3.79. The molecule has 0 saturated carbocycles. The molecule has 6 nitrogen and oxygen atoms in total. The molecule has 0 N–H and O–H groups in total. The third-order valence-corrected chi connectivity index (χ3v) is 4.42. The highest BCUT2D eigenvalue weighted by molar-refractivity contribution is 6.19. The molecule has 0 atom stereocenters. The van der Waals surface area contributed by atoms with Gasteiger partial charge in [0.2, 0.25) is 11.8 Å². The molecule has 0 bridgehead atoms. The van der Waals surface area contributed by atoms with Crippen molar-refractivity contribution in [1.82, 2.24) is 0 Å². The molecule has 6 heteroatoms. The molecule has 0 aromatic heterocycles. The fourth-order valence-corrected chi connectivity index (χ4v) is 2.97. The molecular formula is C20H22N4O2. The zero-order chi connectivity index (χ0) is 18.5. The van der Waals surface area contributed by atoms with Crippen LogP contribution in [0.25, 0.3) is 0 Å². The molecule has 1 aliphatic heterocycles. The monoisotopic (exact) mass is 350 g/mol. The zero-order valence-corrected chi connectivity index (χ0v) is 15.1. The summed E-state index contributed by atoms with van der Waals surface area (Å²) in [5, 5.41) is 8.46. The Bertz CT molecular complexity index is 793. The largest absolute Gasteiger partial charge is 0.372 e. The summed E-state index contributed by atoms with van der Waals surface area (Å²) in [5.41, 5.74) is 3.19. The molecule has 1 saturated heterocycles. The fraction of sp³-hybridized carbons (Fsp3) is 0.300. The number of carbonyl (C=O) groups excluding carboxylic acids is 2. The quantitative estimate of drug-likeness (QED) is 0.565. The smallest absolute Gasteiger partial charge is 0.234 e. The van der Waals surface area contributed by atoms with Gasteiger partial charge in [-0.2, -0.15) is 10.2 Å². The molecule has 2 aromatic rings. The second-order valence-corrected chi connectivity index (χ2v) is 6.03. The minimum absolute atomic E-state index is 0.155. The van der Waals surface area contributed by atoms with Gasteiger partial charge in [-0.25, -0.2) is 0 Å². The number of carbonyl (C=O) groups is 2. The molecule has 0 spiro atoms. The van der Waals surface area contributed by atoms with Crippen LogP contribution in [0.2, 0.25) is 0 Å². The summed E-state index contributed by atoms with van der Waals surface area (Å²) in [6, 6.07) is 14.9. The second-order valence-electron chi connectivity index (χ2n) is 6.03. The number of nitrogens with zero attached hydrogens (tertiary/aromatic N) is 4. The van der Waals surface area contributed by atoms with E-state index in [9.17, 15) is 9.59 Å². The van der Waals surface area contributed by atoms with Gasteiger partial charge in [-0.05, 0) is 62.4 Å². The molecule has 0 aliphatic carbocycles. The second kappa shape index (κ2) is 7.91. The molecule has 2 amide bonds. The van der Waals surface area contributed by atoms with Crippen molar-refractivity contribution in [1.29, 1.82) is 0 Å². The number of imide groups is 1.